The van der Waals surface area contributed by atoms with Gasteiger partial charge in [-0.2, -0.15) is 0 Å². The minimum atomic E-state index is -0.346. The number of aryl methyl sites for hydroxylation is 1. The number of carbonyl (C=O) groups excluding carboxylic acids is 1. The Morgan fingerprint density at radius 2 is 2.00 bits per heavy atom. The predicted octanol–water partition coefficient (Wildman–Crippen LogP) is 3.94. The van der Waals surface area contributed by atoms with E-state index in [1.165, 1.54) is 0 Å². The summed E-state index contributed by atoms with van der Waals surface area (Å²) in [5, 5.41) is 0. The summed E-state index contributed by atoms with van der Waals surface area (Å²) in [5.41, 5.74) is 2.30. The minimum Gasteiger partial charge on any atom is -0.468 e. The summed E-state index contributed by atoms with van der Waals surface area (Å²) in [7, 11) is 0. The first-order valence-corrected chi connectivity index (χ1v) is 6.20. The van der Waals surface area contributed by atoms with E-state index in [2.05, 4.69) is 0 Å². The second kappa shape index (κ2) is 6.05. The second-order valence-corrected chi connectivity index (χ2v) is 4.09. The molecule has 3 nitrogen and oxygen atoms in total. The summed E-state index contributed by atoms with van der Waals surface area (Å²) in [6, 6.07) is 9.88. The van der Waals surface area contributed by atoms with Crippen LogP contribution in [0.4, 0.5) is 0 Å². The third-order valence-corrected chi connectivity index (χ3v) is 2.74. The highest BCUT2D eigenvalue weighted by Crippen LogP contribution is 2.20. The van der Waals surface area contributed by atoms with Crippen LogP contribution in [-0.4, -0.2) is 12.6 Å². The molecule has 3 heteroatoms. The predicted molar refractivity (Wildman–Crippen MR) is 74.8 cm³/mol. The molecular weight excluding hydrogens is 240 g/mol. The molecule has 0 unspecified atom stereocenters. The van der Waals surface area contributed by atoms with Crippen LogP contribution in [0.2, 0.25) is 0 Å². The SMILES string of the molecule is CCOC(=O)c1c(/C=C\c2ccccc2)coc1C. The molecule has 0 saturated heterocycles. The summed E-state index contributed by atoms with van der Waals surface area (Å²) in [4.78, 5) is 11.8. The molecule has 0 fully saturated rings. The van der Waals surface area contributed by atoms with Gasteiger partial charge in [-0.25, -0.2) is 4.79 Å². The first kappa shape index (κ1) is 13.1. The van der Waals surface area contributed by atoms with Crippen molar-refractivity contribution in [1.82, 2.24) is 0 Å². The van der Waals surface area contributed by atoms with Crippen LogP contribution >= 0.6 is 0 Å². The lowest BCUT2D eigenvalue weighted by atomic mass is 10.1. The Bertz CT molecular complexity index is 579. The molecule has 19 heavy (non-hydrogen) atoms. The lowest BCUT2D eigenvalue weighted by molar-refractivity contribution is 0.0524. The monoisotopic (exact) mass is 256 g/mol. The Labute approximate surface area is 112 Å². The molecular formula is C16H16O3. The molecule has 98 valence electrons. The normalized spacial score (nSPS) is 10.8. The van der Waals surface area contributed by atoms with Crippen molar-refractivity contribution < 1.29 is 13.9 Å². The number of carbonyl (C=O) groups is 1. The van der Waals surface area contributed by atoms with Gasteiger partial charge >= 0.3 is 5.97 Å². The molecule has 0 aliphatic rings. The van der Waals surface area contributed by atoms with Crippen molar-refractivity contribution in [1.29, 1.82) is 0 Å². The zero-order chi connectivity index (χ0) is 13.7. The zero-order valence-electron chi connectivity index (χ0n) is 11.1. The molecule has 2 aromatic rings. The second-order valence-electron chi connectivity index (χ2n) is 4.09. The van der Waals surface area contributed by atoms with Crippen molar-refractivity contribution in [2.45, 2.75) is 13.8 Å². The molecule has 1 heterocycles. The van der Waals surface area contributed by atoms with E-state index in [9.17, 15) is 4.79 Å². The number of esters is 1. The molecule has 0 N–H and O–H groups in total. The van der Waals surface area contributed by atoms with E-state index in [0.29, 0.717) is 17.9 Å². The molecule has 0 radical (unpaired) electrons. The fourth-order valence-electron chi connectivity index (χ4n) is 1.81. The minimum absolute atomic E-state index is 0.346. The Balaban J connectivity index is 2.26. The maximum atomic E-state index is 11.8. The Kier molecular flexibility index (Phi) is 4.18. The lowest BCUT2D eigenvalue weighted by Gasteiger charge is -2.01. The van der Waals surface area contributed by atoms with Gasteiger partial charge in [-0.15, -0.1) is 0 Å². The van der Waals surface area contributed by atoms with Gasteiger partial charge in [0.15, 0.2) is 0 Å². The molecule has 0 saturated carbocycles. The smallest absolute Gasteiger partial charge is 0.342 e. The molecule has 0 spiro atoms. The van der Waals surface area contributed by atoms with Gasteiger partial charge in [0.2, 0.25) is 0 Å². The van der Waals surface area contributed by atoms with Gasteiger partial charge in [-0.3, -0.25) is 0 Å². The van der Waals surface area contributed by atoms with Gasteiger partial charge in [0, 0.05) is 5.56 Å². The van der Waals surface area contributed by atoms with Crippen LogP contribution in [0.3, 0.4) is 0 Å². The number of furan rings is 1. The fourth-order valence-corrected chi connectivity index (χ4v) is 1.81. The Morgan fingerprint density at radius 3 is 2.68 bits per heavy atom. The van der Waals surface area contributed by atoms with E-state index in [-0.39, 0.29) is 5.97 Å². The van der Waals surface area contributed by atoms with E-state index >= 15 is 0 Å². The van der Waals surface area contributed by atoms with Gasteiger partial charge in [-0.1, -0.05) is 42.5 Å². The van der Waals surface area contributed by atoms with E-state index in [0.717, 1.165) is 11.1 Å². The van der Waals surface area contributed by atoms with Crippen LogP contribution in [0.25, 0.3) is 12.2 Å². The van der Waals surface area contributed by atoms with Gasteiger partial charge < -0.3 is 9.15 Å². The van der Waals surface area contributed by atoms with Crippen LogP contribution < -0.4 is 0 Å². The van der Waals surface area contributed by atoms with E-state index in [1.54, 1.807) is 20.1 Å². The van der Waals surface area contributed by atoms with Gasteiger partial charge in [0.25, 0.3) is 0 Å². The van der Waals surface area contributed by atoms with Crippen molar-refractivity contribution in [2.24, 2.45) is 0 Å². The summed E-state index contributed by atoms with van der Waals surface area (Å²) >= 11 is 0. The lowest BCUT2D eigenvalue weighted by Crippen LogP contribution is -2.06. The molecule has 2 rings (SSSR count). The van der Waals surface area contributed by atoms with Crippen LogP contribution in [-0.2, 0) is 4.74 Å². The third-order valence-electron chi connectivity index (χ3n) is 2.74. The van der Waals surface area contributed by atoms with Crippen LogP contribution in [0.15, 0.2) is 41.0 Å². The molecule has 0 aliphatic carbocycles. The molecule has 0 atom stereocenters. The first-order chi connectivity index (χ1) is 9.22. The van der Waals surface area contributed by atoms with Crippen molar-refractivity contribution in [2.75, 3.05) is 6.61 Å². The average Bonchev–Trinajstić information content (AvgIpc) is 2.79. The number of rotatable bonds is 4. The molecule has 0 aliphatic heterocycles. The molecule has 1 aromatic heterocycles. The molecule has 1 aromatic carbocycles. The number of hydrogen-bond donors (Lipinski definition) is 0. The standard InChI is InChI=1S/C16H16O3/c1-3-18-16(17)15-12(2)19-11-14(15)10-9-13-7-5-4-6-8-13/h4-11H,3H2,1-2H3/b10-9-. The van der Waals surface area contributed by atoms with Crippen LogP contribution in [0.5, 0.6) is 0 Å². The fraction of sp³-hybridized carbons (Fsp3) is 0.188. The maximum absolute atomic E-state index is 11.8. The quantitative estimate of drug-likeness (QED) is 0.778. The Morgan fingerprint density at radius 1 is 1.26 bits per heavy atom. The summed E-state index contributed by atoms with van der Waals surface area (Å²) < 4.78 is 10.3. The Hall–Kier alpha value is -2.29. The maximum Gasteiger partial charge on any atom is 0.342 e. The highest BCUT2D eigenvalue weighted by molar-refractivity contribution is 5.95. The van der Waals surface area contributed by atoms with Gasteiger partial charge in [0.1, 0.15) is 11.3 Å². The van der Waals surface area contributed by atoms with Crippen LogP contribution in [0, 0.1) is 6.92 Å². The topological polar surface area (TPSA) is 39.4 Å². The zero-order valence-corrected chi connectivity index (χ0v) is 11.1. The molecule has 0 bridgehead atoms. The van der Waals surface area contributed by atoms with E-state index in [1.807, 2.05) is 42.5 Å². The van der Waals surface area contributed by atoms with Crippen molar-refractivity contribution in [3.05, 3.63) is 59.0 Å². The van der Waals surface area contributed by atoms with Gasteiger partial charge in [0.05, 0.1) is 12.9 Å². The number of benzene rings is 1. The number of hydrogen-bond acceptors (Lipinski definition) is 3. The van der Waals surface area contributed by atoms with Crippen molar-refractivity contribution in [3.63, 3.8) is 0 Å². The highest BCUT2D eigenvalue weighted by atomic mass is 16.5. The van der Waals surface area contributed by atoms with E-state index < -0.39 is 0 Å². The van der Waals surface area contributed by atoms with E-state index in [4.69, 9.17) is 9.15 Å². The summed E-state index contributed by atoms with van der Waals surface area (Å²) in [6.45, 7) is 3.89. The highest BCUT2D eigenvalue weighted by Gasteiger charge is 2.17. The first-order valence-electron chi connectivity index (χ1n) is 6.20. The van der Waals surface area contributed by atoms with Crippen molar-refractivity contribution >= 4 is 18.1 Å². The van der Waals surface area contributed by atoms with Crippen LogP contribution in [0.1, 0.15) is 34.2 Å². The number of ether oxygens (including phenoxy) is 1. The van der Waals surface area contributed by atoms with Gasteiger partial charge in [-0.05, 0) is 19.4 Å². The third kappa shape index (κ3) is 3.13. The largest absolute Gasteiger partial charge is 0.468 e. The van der Waals surface area contributed by atoms with Crippen molar-refractivity contribution in [3.8, 4) is 0 Å². The summed E-state index contributed by atoms with van der Waals surface area (Å²) in [6.07, 6.45) is 5.37. The average molecular weight is 256 g/mol. The summed E-state index contributed by atoms with van der Waals surface area (Å²) in [5.74, 6) is 0.229. The molecule has 0 amide bonds.